The van der Waals surface area contributed by atoms with Crippen molar-refractivity contribution in [2.24, 2.45) is 5.41 Å². The van der Waals surface area contributed by atoms with Gasteiger partial charge in [0.1, 0.15) is 5.75 Å². The fraction of sp³-hybridized carbons (Fsp3) is 0.435. The molecule has 26 heavy (non-hydrogen) atoms. The highest BCUT2D eigenvalue weighted by molar-refractivity contribution is 6.06. The minimum Gasteiger partial charge on any atom is -0.507 e. The predicted octanol–water partition coefficient (Wildman–Crippen LogP) is 6.13. The zero-order valence-electron chi connectivity index (χ0n) is 17.2. The maximum Gasteiger partial charge on any atom is 0.259 e. The maximum atomic E-state index is 12.5. The fourth-order valence-electron chi connectivity index (χ4n) is 2.75. The van der Waals surface area contributed by atoms with Gasteiger partial charge in [-0.1, -0.05) is 59.7 Å². The van der Waals surface area contributed by atoms with E-state index in [-0.39, 0.29) is 17.1 Å². The third-order valence-corrected chi connectivity index (χ3v) is 3.96. The molecule has 2 aromatic carbocycles. The van der Waals surface area contributed by atoms with Crippen LogP contribution < -0.4 is 5.32 Å². The largest absolute Gasteiger partial charge is 0.507 e. The minimum absolute atomic E-state index is 0.0500. The molecule has 3 nitrogen and oxygen atoms in total. The smallest absolute Gasteiger partial charge is 0.259 e. The highest BCUT2D eigenvalue weighted by Gasteiger charge is 2.15. The summed E-state index contributed by atoms with van der Waals surface area (Å²) in [5, 5.41) is 13.0. The van der Waals surface area contributed by atoms with Gasteiger partial charge in [0.05, 0.1) is 5.56 Å². The Morgan fingerprint density at radius 3 is 2.12 bits per heavy atom. The molecule has 0 aliphatic heterocycles. The van der Waals surface area contributed by atoms with E-state index in [0.29, 0.717) is 5.56 Å². The molecule has 1 amide bonds. The van der Waals surface area contributed by atoms with Gasteiger partial charge in [0, 0.05) is 5.69 Å². The summed E-state index contributed by atoms with van der Waals surface area (Å²) in [4.78, 5) is 12.5. The molecule has 0 fully saturated rings. The van der Waals surface area contributed by atoms with E-state index >= 15 is 0 Å². The Balaban J connectivity index is 0.00000163. The van der Waals surface area contributed by atoms with Crippen molar-refractivity contribution in [1.29, 1.82) is 0 Å². The summed E-state index contributed by atoms with van der Waals surface area (Å²) in [5.74, 6) is -0.233. The van der Waals surface area contributed by atoms with E-state index in [0.717, 1.165) is 29.7 Å². The standard InChI is InChI=1S/C21H27NO2.C2H6/c1-6-15-11-14(2)19(23)18(12-15)20(24)22-17-9-7-16(8-10-17)13-21(3,4)5;1-2/h7-12,23H,6,13H2,1-5H3,(H,22,24);1-2H3. The summed E-state index contributed by atoms with van der Waals surface area (Å²) in [5.41, 5.74) is 4.29. The van der Waals surface area contributed by atoms with Crippen molar-refractivity contribution < 1.29 is 9.90 Å². The fourth-order valence-corrected chi connectivity index (χ4v) is 2.75. The Bertz CT molecular complexity index is 725. The van der Waals surface area contributed by atoms with Gasteiger partial charge in [0.25, 0.3) is 5.91 Å². The molecule has 3 heteroatoms. The molecule has 0 aliphatic carbocycles. The van der Waals surface area contributed by atoms with E-state index in [1.807, 2.05) is 58.0 Å². The summed E-state index contributed by atoms with van der Waals surface area (Å²) in [6, 6.07) is 11.6. The Kier molecular flexibility index (Phi) is 7.88. The third-order valence-electron chi connectivity index (χ3n) is 3.96. The molecule has 0 saturated carbocycles. The number of phenolic OH excluding ortho intramolecular Hbond substituents is 1. The first kappa shape index (κ1) is 21.8. The van der Waals surface area contributed by atoms with Gasteiger partial charge < -0.3 is 10.4 Å². The van der Waals surface area contributed by atoms with E-state index < -0.39 is 0 Å². The molecule has 142 valence electrons. The zero-order chi connectivity index (χ0) is 19.9. The number of nitrogens with one attached hydrogen (secondary N) is 1. The first-order chi connectivity index (χ1) is 12.2. The second-order valence-corrected chi connectivity index (χ2v) is 7.55. The molecular formula is C23H33NO2. The number of carbonyl (C=O) groups excluding carboxylic acids is 1. The van der Waals surface area contributed by atoms with E-state index in [1.54, 1.807) is 6.07 Å². The first-order valence-corrected chi connectivity index (χ1v) is 9.42. The van der Waals surface area contributed by atoms with Gasteiger partial charge in [-0.3, -0.25) is 4.79 Å². The summed E-state index contributed by atoms with van der Waals surface area (Å²) < 4.78 is 0. The number of carbonyl (C=O) groups is 1. The number of anilines is 1. The van der Waals surface area contributed by atoms with Crippen molar-refractivity contribution in [1.82, 2.24) is 0 Å². The van der Waals surface area contributed by atoms with E-state index in [2.05, 4.69) is 26.1 Å². The SMILES string of the molecule is CC.CCc1cc(C)c(O)c(C(=O)Nc2ccc(CC(C)(C)C)cc2)c1. The minimum atomic E-state index is -0.283. The molecule has 0 unspecified atom stereocenters. The lowest BCUT2D eigenvalue weighted by Crippen LogP contribution is -2.13. The third kappa shape index (κ3) is 6.21. The number of aromatic hydroxyl groups is 1. The highest BCUT2D eigenvalue weighted by Crippen LogP contribution is 2.26. The Labute approximate surface area is 158 Å². The lowest BCUT2D eigenvalue weighted by atomic mass is 9.88. The van der Waals surface area contributed by atoms with Crippen LogP contribution in [0.1, 0.15) is 68.6 Å². The second-order valence-electron chi connectivity index (χ2n) is 7.55. The Morgan fingerprint density at radius 2 is 1.62 bits per heavy atom. The van der Waals surface area contributed by atoms with Crippen LogP contribution in [-0.2, 0) is 12.8 Å². The summed E-state index contributed by atoms with van der Waals surface area (Å²) in [7, 11) is 0. The number of hydrogen-bond donors (Lipinski definition) is 2. The van der Waals surface area contributed by atoms with Crippen LogP contribution in [0, 0.1) is 12.3 Å². The van der Waals surface area contributed by atoms with Crippen molar-refractivity contribution in [2.75, 3.05) is 5.32 Å². The van der Waals surface area contributed by atoms with Crippen LogP contribution in [0.5, 0.6) is 5.75 Å². The molecular weight excluding hydrogens is 322 g/mol. The van der Waals surface area contributed by atoms with Gasteiger partial charge in [0.15, 0.2) is 0 Å². The molecule has 0 atom stereocenters. The van der Waals surface area contributed by atoms with Gasteiger partial charge >= 0.3 is 0 Å². The van der Waals surface area contributed by atoms with Gasteiger partial charge in [-0.15, -0.1) is 0 Å². The average molecular weight is 356 g/mol. The van der Waals surface area contributed by atoms with Crippen LogP contribution in [-0.4, -0.2) is 11.0 Å². The molecule has 2 N–H and O–H groups in total. The van der Waals surface area contributed by atoms with Crippen molar-refractivity contribution in [2.45, 2.75) is 61.3 Å². The molecule has 0 aliphatic rings. The van der Waals surface area contributed by atoms with Crippen LogP contribution in [0.3, 0.4) is 0 Å². The van der Waals surface area contributed by atoms with E-state index in [4.69, 9.17) is 0 Å². The van der Waals surface area contributed by atoms with E-state index in [1.165, 1.54) is 5.56 Å². The van der Waals surface area contributed by atoms with Gasteiger partial charge in [-0.2, -0.15) is 0 Å². The molecule has 2 aromatic rings. The van der Waals surface area contributed by atoms with Gasteiger partial charge in [0.2, 0.25) is 0 Å². The van der Waals surface area contributed by atoms with Gasteiger partial charge in [-0.25, -0.2) is 0 Å². The number of benzene rings is 2. The summed E-state index contributed by atoms with van der Waals surface area (Å²) in [6.07, 6.45) is 1.81. The van der Waals surface area contributed by atoms with Gasteiger partial charge in [-0.05, 0) is 60.1 Å². The highest BCUT2D eigenvalue weighted by atomic mass is 16.3. The van der Waals surface area contributed by atoms with E-state index in [9.17, 15) is 9.90 Å². The number of hydrogen-bond acceptors (Lipinski definition) is 2. The zero-order valence-corrected chi connectivity index (χ0v) is 17.2. The molecule has 0 saturated heterocycles. The number of aryl methyl sites for hydroxylation is 2. The Morgan fingerprint density at radius 1 is 1.04 bits per heavy atom. The van der Waals surface area contributed by atoms with Crippen molar-refractivity contribution in [3.8, 4) is 5.75 Å². The predicted molar refractivity (Wildman–Crippen MR) is 111 cm³/mol. The summed E-state index contributed by atoms with van der Waals surface area (Å²) in [6.45, 7) is 14.4. The monoisotopic (exact) mass is 355 g/mol. The number of rotatable bonds is 4. The van der Waals surface area contributed by atoms with Crippen LogP contribution in [0.4, 0.5) is 5.69 Å². The first-order valence-electron chi connectivity index (χ1n) is 9.42. The molecule has 0 aromatic heterocycles. The quantitative estimate of drug-likeness (QED) is 0.693. The molecule has 0 bridgehead atoms. The van der Waals surface area contributed by atoms with Crippen molar-refractivity contribution in [3.05, 3.63) is 58.7 Å². The van der Waals surface area contributed by atoms with Crippen LogP contribution in [0.15, 0.2) is 36.4 Å². The molecule has 2 rings (SSSR count). The topological polar surface area (TPSA) is 49.3 Å². The maximum absolute atomic E-state index is 12.5. The number of amides is 1. The Hall–Kier alpha value is -2.29. The van der Waals surface area contributed by atoms with Crippen LogP contribution in [0.2, 0.25) is 0 Å². The van der Waals surface area contributed by atoms with Crippen LogP contribution >= 0.6 is 0 Å². The summed E-state index contributed by atoms with van der Waals surface area (Å²) >= 11 is 0. The van der Waals surface area contributed by atoms with Crippen molar-refractivity contribution in [3.63, 3.8) is 0 Å². The van der Waals surface area contributed by atoms with Crippen molar-refractivity contribution >= 4 is 11.6 Å². The lowest BCUT2D eigenvalue weighted by Gasteiger charge is -2.18. The lowest BCUT2D eigenvalue weighted by molar-refractivity contribution is 0.102. The normalized spacial score (nSPS) is 10.7. The molecule has 0 spiro atoms. The molecule has 0 heterocycles. The average Bonchev–Trinajstić information content (AvgIpc) is 2.59. The molecule has 0 radical (unpaired) electrons. The van der Waals surface area contributed by atoms with Crippen LogP contribution in [0.25, 0.3) is 0 Å². The number of phenols is 1. The second kappa shape index (κ2) is 9.42.